The second kappa shape index (κ2) is 3.90. The van der Waals surface area contributed by atoms with E-state index in [-0.39, 0.29) is 5.56 Å². The Balaban J connectivity index is 3.07. The lowest BCUT2D eigenvalue weighted by molar-refractivity contribution is -0.229. The zero-order chi connectivity index (χ0) is 12.6. The Morgan fingerprint density at radius 2 is 1.62 bits per heavy atom. The average molecular weight is 232 g/mol. The Labute approximate surface area is 90.7 Å². The van der Waals surface area contributed by atoms with Crippen molar-refractivity contribution in [2.24, 2.45) is 0 Å². The summed E-state index contributed by atoms with van der Waals surface area (Å²) in [6.07, 6.45) is -4.98. The summed E-state index contributed by atoms with van der Waals surface area (Å²) >= 11 is 0. The van der Waals surface area contributed by atoms with E-state index in [9.17, 15) is 18.0 Å². The van der Waals surface area contributed by atoms with Gasteiger partial charge in [-0.05, 0) is 13.8 Å². The third kappa shape index (κ3) is 2.24. The molecule has 0 heterocycles. The number of hydrogen-bond donors (Lipinski definition) is 1. The number of alkyl halides is 3. The van der Waals surface area contributed by atoms with Gasteiger partial charge in [0, 0.05) is 5.56 Å². The molecule has 0 saturated heterocycles. The molecule has 1 rings (SSSR count). The first-order valence-electron chi connectivity index (χ1n) is 4.57. The second-order valence-corrected chi connectivity index (χ2v) is 3.77. The zero-order valence-corrected chi connectivity index (χ0v) is 8.80. The summed E-state index contributed by atoms with van der Waals surface area (Å²) in [5, 5.41) is 9.17. The fourth-order valence-electron chi connectivity index (χ4n) is 1.11. The Bertz CT molecular complexity index is 391. The fraction of sp³-hybridized carbons (Fsp3) is 0.364. The van der Waals surface area contributed by atoms with Gasteiger partial charge >= 0.3 is 6.18 Å². The molecule has 1 atom stereocenters. The summed E-state index contributed by atoms with van der Waals surface area (Å²) in [7, 11) is 0. The molecule has 0 aliphatic heterocycles. The maximum atomic E-state index is 12.4. The second-order valence-electron chi connectivity index (χ2n) is 3.77. The lowest BCUT2D eigenvalue weighted by Crippen LogP contribution is -2.49. The zero-order valence-electron chi connectivity index (χ0n) is 8.80. The van der Waals surface area contributed by atoms with Gasteiger partial charge in [0.15, 0.2) is 0 Å². The minimum atomic E-state index is -4.98. The van der Waals surface area contributed by atoms with Crippen LogP contribution in [0.4, 0.5) is 13.2 Å². The van der Waals surface area contributed by atoms with E-state index in [2.05, 4.69) is 0 Å². The summed E-state index contributed by atoms with van der Waals surface area (Å²) < 4.78 is 37.1. The number of benzene rings is 1. The molecule has 5 heteroatoms. The van der Waals surface area contributed by atoms with E-state index in [0.29, 0.717) is 6.92 Å². The maximum absolute atomic E-state index is 12.4. The highest BCUT2D eigenvalue weighted by Crippen LogP contribution is 2.32. The van der Waals surface area contributed by atoms with Crippen molar-refractivity contribution >= 4 is 5.78 Å². The van der Waals surface area contributed by atoms with Crippen molar-refractivity contribution in [3.05, 3.63) is 35.4 Å². The lowest BCUT2D eigenvalue weighted by Gasteiger charge is -2.24. The van der Waals surface area contributed by atoms with Gasteiger partial charge in [-0.2, -0.15) is 13.2 Å². The van der Waals surface area contributed by atoms with Crippen LogP contribution in [-0.4, -0.2) is 22.7 Å². The van der Waals surface area contributed by atoms with Crippen molar-refractivity contribution in [3.8, 4) is 0 Å². The molecule has 0 bridgehead atoms. The van der Waals surface area contributed by atoms with E-state index in [4.69, 9.17) is 5.11 Å². The first-order chi connectivity index (χ1) is 7.16. The molecule has 1 aromatic rings. The van der Waals surface area contributed by atoms with Gasteiger partial charge < -0.3 is 5.11 Å². The molecule has 88 valence electrons. The van der Waals surface area contributed by atoms with Crippen LogP contribution in [0.1, 0.15) is 22.8 Å². The number of ketones is 1. The van der Waals surface area contributed by atoms with Crippen molar-refractivity contribution in [2.75, 3.05) is 0 Å². The van der Waals surface area contributed by atoms with Crippen molar-refractivity contribution in [2.45, 2.75) is 25.6 Å². The summed E-state index contributed by atoms with van der Waals surface area (Å²) in [5.41, 5.74) is -2.68. The number of Topliss-reactive ketones (excluding diaryl/α,β-unsaturated/α-hetero) is 1. The van der Waals surface area contributed by atoms with E-state index in [0.717, 1.165) is 5.56 Å². The number of aliphatic hydroxyl groups is 1. The smallest absolute Gasteiger partial charge is 0.374 e. The molecule has 1 N–H and O–H groups in total. The van der Waals surface area contributed by atoms with Crippen LogP contribution >= 0.6 is 0 Å². The minimum absolute atomic E-state index is 0.159. The highest BCUT2D eigenvalue weighted by atomic mass is 19.4. The maximum Gasteiger partial charge on any atom is 0.424 e. The molecule has 0 amide bonds. The molecule has 16 heavy (non-hydrogen) atoms. The van der Waals surface area contributed by atoms with Gasteiger partial charge in [0.05, 0.1) is 0 Å². The quantitative estimate of drug-likeness (QED) is 0.795. The van der Waals surface area contributed by atoms with Crippen LogP contribution in [-0.2, 0) is 0 Å². The molecule has 0 spiro atoms. The Hall–Kier alpha value is -1.36. The predicted molar refractivity (Wildman–Crippen MR) is 52.2 cm³/mol. The minimum Gasteiger partial charge on any atom is -0.374 e. The van der Waals surface area contributed by atoms with Crippen LogP contribution in [0.5, 0.6) is 0 Å². The van der Waals surface area contributed by atoms with Crippen molar-refractivity contribution in [1.29, 1.82) is 0 Å². The van der Waals surface area contributed by atoms with Crippen LogP contribution < -0.4 is 0 Å². The standard InChI is InChI=1S/C11H11F3O2/c1-7-3-5-8(6-4-7)9(15)10(2,16)11(12,13)14/h3-6,16H,1-2H3. The summed E-state index contributed by atoms with van der Waals surface area (Å²) in [6, 6.07) is 5.55. The van der Waals surface area contributed by atoms with Crippen molar-refractivity contribution in [3.63, 3.8) is 0 Å². The number of hydrogen-bond acceptors (Lipinski definition) is 2. The van der Waals surface area contributed by atoms with E-state index in [1.54, 1.807) is 6.92 Å². The van der Waals surface area contributed by atoms with Crippen molar-refractivity contribution < 1.29 is 23.1 Å². The van der Waals surface area contributed by atoms with Crippen LogP contribution in [0.25, 0.3) is 0 Å². The third-order valence-electron chi connectivity index (χ3n) is 2.31. The van der Waals surface area contributed by atoms with Gasteiger partial charge in [0.2, 0.25) is 11.4 Å². The molecule has 0 aliphatic rings. The number of carbonyl (C=O) groups excluding carboxylic acids is 1. The molecule has 0 aliphatic carbocycles. The summed E-state index contributed by atoms with van der Waals surface area (Å²) in [4.78, 5) is 11.5. The Morgan fingerprint density at radius 3 is 2.00 bits per heavy atom. The van der Waals surface area contributed by atoms with Gasteiger partial charge in [-0.3, -0.25) is 4.79 Å². The molecule has 0 radical (unpaired) electrons. The van der Waals surface area contributed by atoms with E-state index < -0.39 is 17.6 Å². The SMILES string of the molecule is Cc1ccc(C(=O)C(C)(O)C(F)(F)F)cc1. The molecular weight excluding hydrogens is 221 g/mol. The Morgan fingerprint density at radius 1 is 1.19 bits per heavy atom. The van der Waals surface area contributed by atoms with E-state index in [1.807, 2.05) is 0 Å². The van der Waals surface area contributed by atoms with Gasteiger partial charge in [-0.25, -0.2) is 0 Å². The highest BCUT2D eigenvalue weighted by Gasteiger charge is 2.55. The predicted octanol–water partition coefficient (Wildman–Crippen LogP) is 2.49. The molecule has 0 saturated carbocycles. The third-order valence-corrected chi connectivity index (χ3v) is 2.31. The first-order valence-corrected chi connectivity index (χ1v) is 4.57. The largest absolute Gasteiger partial charge is 0.424 e. The lowest BCUT2D eigenvalue weighted by atomic mass is 9.94. The van der Waals surface area contributed by atoms with Crippen molar-refractivity contribution in [1.82, 2.24) is 0 Å². The van der Waals surface area contributed by atoms with Gasteiger partial charge in [0.1, 0.15) is 0 Å². The van der Waals surface area contributed by atoms with Crippen LogP contribution in [0.2, 0.25) is 0 Å². The molecule has 1 aromatic carbocycles. The summed E-state index contributed by atoms with van der Waals surface area (Å²) in [6.45, 7) is 2.20. The molecule has 2 nitrogen and oxygen atoms in total. The van der Waals surface area contributed by atoms with Crippen LogP contribution in [0.3, 0.4) is 0 Å². The highest BCUT2D eigenvalue weighted by molar-refractivity contribution is 6.02. The monoisotopic (exact) mass is 232 g/mol. The van der Waals surface area contributed by atoms with Crippen LogP contribution in [0.15, 0.2) is 24.3 Å². The molecule has 0 aromatic heterocycles. The fourth-order valence-corrected chi connectivity index (χ4v) is 1.11. The van der Waals surface area contributed by atoms with Gasteiger partial charge in [0.25, 0.3) is 0 Å². The van der Waals surface area contributed by atoms with E-state index >= 15 is 0 Å². The number of carbonyl (C=O) groups is 1. The number of aryl methyl sites for hydroxylation is 1. The Kier molecular flexibility index (Phi) is 3.10. The first kappa shape index (κ1) is 12.7. The topological polar surface area (TPSA) is 37.3 Å². The van der Waals surface area contributed by atoms with E-state index in [1.165, 1.54) is 24.3 Å². The number of halogens is 3. The molecule has 1 unspecified atom stereocenters. The van der Waals surface area contributed by atoms with Crippen LogP contribution in [0, 0.1) is 6.92 Å². The average Bonchev–Trinajstić information content (AvgIpc) is 2.16. The number of rotatable bonds is 2. The van der Waals surface area contributed by atoms with Gasteiger partial charge in [-0.15, -0.1) is 0 Å². The van der Waals surface area contributed by atoms with Gasteiger partial charge in [-0.1, -0.05) is 29.8 Å². The molecular formula is C11H11F3O2. The normalized spacial score (nSPS) is 15.6. The molecule has 0 fully saturated rings. The summed E-state index contributed by atoms with van der Waals surface area (Å²) in [5.74, 6) is -1.35.